The third-order valence-electron chi connectivity index (χ3n) is 3.48. The molecule has 6 nitrogen and oxygen atoms in total. The Balaban J connectivity index is 1.85. The lowest BCUT2D eigenvalue weighted by molar-refractivity contribution is -0.384. The highest BCUT2D eigenvalue weighted by Crippen LogP contribution is 2.29. The first-order valence-electron chi connectivity index (χ1n) is 6.58. The van der Waals surface area contributed by atoms with Crippen LogP contribution < -0.4 is 5.32 Å². The van der Waals surface area contributed by atoms with E-state index in [0.29, 0.717) is 23.9 Å². The van der Waals surface area contributed by atoms with E-state index in [1.807, 2.05) is 6.92 Å². The Morgan fingerprint density at radius 1 is 1.50 bits per heavy atom. The molecule has 0 spiro atoms. The van der Waals surface area contributed by atoms with Crippen LogP contribution in [0.3, 0.4) is 0 Å². The molecule has 0 atom stereocenters. The maximum absolute atomic E-state index is 10.8. The summed E-state index contributed by atoms with van der Waals surface area (Å²) >= 11 is 0. The summed E-state index contributed by atoms with van der Waals surface area (Å²) in [6, 6.07) is 7.01. The van der Waals surface area contributed by atoms with Gasteiger partial charge in [-0.15, -0.1) is 0 Å². The SMILES string of the molecule is Cc1c(CNC2CC2)noc1-c1cccc([N+](=O)[O-])c1. The van der Waals surface area contributed by atoms with Crippen molar-refractivity contribution in [3.05, 3.63) is 45.6 Å². The largest absolute Gasteiger partial charge is 0.356 e. The van der Waals surface area contributed by atoms with Gasteiger partial charge in [-0.25, -0.2) is 0 Å². The van der Waals surface area contributed by atoms with E-state index in [1.54, 1.807) is 12.1 Å². The monoisotopic (exact) mass is 273 g/mol. The topological polar surface area (TPSA) is 81.2 Å². The molecular formula is C14H15N3O3. The van der Waals surface area contributed by atoms with Crippen LogP contribution in [0.25, 0.3) is 11.3 Å². The number of nitro benzene ring substituents is 1. The van der Waals surface area contributed by atoms with Gasteiger partial charge >= 0.3 is 0 Å². The van der Waals surface area contributed by atoms with Crippen molar-refractivity contribution < 1.29 is 9.45 Å². The molecule has 1 aliphatic rings. The molecule has 0 saturated heterocycles. The van der Waals surface area contributed by atoms with Crippen molar-refractivity contribution in [3.8, 4) is 11.3 Å². The third-order valence-corrected chi connectivity index (χ3v) is 3.48. The molecule has 1 N–H and O–H groups in total. The molecule has 1 aromatic carbocycles. The summed E-state index contributed by atoms with van der Waals surface area (Å²) in [7, 11) is 0. The molecule has 104 valence electrons. The van der Waals surface area contributed by atoms with Crippen LogP contribution >= 0.6 is 0 Å². The smallest absolute Gasteiger partial charge is 0.270 e. The Labute approximate surface area is 115 Å². The van der Waals surface area contributed by atoms with Gasteiger partial charge in [0.1, 0.15) is 5.69 Å². The zero-order chi connectivity index (χ0) is 14.1. The summed E-state index contributed by atoms with van der Waals surface area (Å²) in [5, 5.41) is 18.2. The van der Waals surface area contributed by atoms with E-state index in [-0.39, 0.29) is 5.69 Å². The van der Waals surface area contributed by atoms with Gasteiger partial charge in [-0.2, -0.15) is 0 Å². The first-order valence-corrected chi connectivity index (χ1v) is 6.58. The van der Waals surface area contributed by atoms with E-state index in [0.717, 1.165) is 11.3 Å². The van der Waals surface area contributed by atoms with Gasteiger partial charge in [-0.1, -0.05) is 17.3 Å². The Kier molecular flexibility index (Phi) is 3.23. The number of nitrogens with one attached hydrogen (secondary N) is 1. The van der Waals surface area contributed by atoms with Crippen molar-refractivity contribution in [1.29, 1.82) is 0 Å². The van der Waals surface area contributed by atoms with Crippen LogP contribution in [-0.4, -0.2) is 16.1 Å². The van der Waals surface area contributed by atoms with Crippen molar-refractivity contribution in [2.24, 2.45) is 0 Å². The number of hydrogen-bond acceptors (Lipinski definition) is 5. The third kappa shape index (κ3) is 2.55. The Morgan fingerprint density at radius 2 is 2.30 bits per heavy atom. The van der Waals surface area contributed by atoms with Crippen LogP contribution in [0.15, 0.2) is 28.8 Å². The second kappa shape index (κ2) is 5.05. The van der Waals surface area contributed by atoms with Crippen LogP contribution in [0.2, 0.25) is 0 Å². The maximum atomic E-state index is 10.8. The fraction of sp³-hybridized carbons (Fsp3) is 0.357. The molecule has 0 radical (unpaired) electrons. The summed E-state index contributed by atoms with van der Waals surface area (Å²) in [4.78, 5) is 10.4. The number of nitrogens with zero attached hydrogens (tertiary/aromatic N) is 2. The number of aromatic nitrogens is 1. The lowest BCUT2D eigenvalue weighted by Crippen LogP contribution is -2.16. The van der Waals surface area contributed by atoms with Crippen LogP contribution in [0, 0.1) is 17.0 Å². The van der Waals surface area contributed by atoms with Gasteiger partial charge in [0.05, 0.1) is 4.92 Å². The number of nitro groups is 1. The second-order valence-corrected chi connectivity index (χ2v) is 5.05. The molecule has 1 aromatic heterocycles. The Morgan fingerprint density at radius 3 is 3.00 bits per heavy atom. The average molecular weight is 273 g/mol. The molecule has 1 heterocycles. The average Bonchev–Trinajstić information content (AvgIpc) is 3.20. The molecule has 2 aromatic rings. The van der Waals surface area contributed by atoms with Gasteiger partial charge in [-0.3, -0.25) is 10.1 Å². The first-order chi connectivity index (χ1) is 9.65. The van der Waals surface area contributed by atoms with Crippen molar-refractivity contribution in [3.63, 3.8) is 0 Å². The molecule has 3 rings (SSSR count). The molecule has 1 saturated carbocycles. The number of hydrogen-bond donors (Lipinski definition) is 1. The maximum Gasteiger partial charge on any atom is 0.270 e. The molecule has 0 unspecified atom stereocenters. The molecular weight excluding hydrogens is 258 g/mol. The van der Waals surface area contributed by atoms with Crippen molar-refractivity contribution in [2.75, 3.05) is 0 Å². The summed E-state index contributed by atoms with van der Waals surface area (Å²) in [5.41, 5.74) is 2.52. The van der Waals surface area contributed by atoms with Crippen LogP contribution in [0.1, 0.15) is 24.1 Å². The minimum Gasteiger partial charge on any atom is -0.356 e. The van der Waals surface area contributed by atoms with Gasteiger partial charge in [-0.05, 0) is 19.8 Å². The van der Waals surface area contributed by atoms with Crippen LogP contribution in [0.4, 0.5) is 5.69 Å². The zero-order valence-corrected chi connectivity index (χ0v) is 11.1. The molecule has 20 heavy (non-hydrogen) atoms. The minimum absolute atomic E-state index is 0.0518. The lowest BCUT2D eigenvalue weighted by Gasteiger charge is -2.00. The van der Waals surface area contributed by atoms with Crippen molar-refractivity contribution in [2.45, 2.75) is 32.4 Å². The van der Waals surface area contributed by atoms with E-state index in [1.165, 1.54) is 25.0 Å². The van der Waals surface area contributed by atoms with E-state index in [9.17, 15) is 10.1 Å². The standard InChI is InChI=1S/C14H15N3O3/c1-9-13(8-15-11-5-6-11)16-20-14(9)10-3-2-4-12(7-10)17(18)19/h2-4,7,11,15H,5-6,8H2,1H3. The Bertz CT molecular complexity index is 647. The quantitative estimate of drug-likeness (QED) is 0.669. The zero-order valence-electron chi connectivity index (χ0n) is 11.1. The fourth-order valence-electron chi connectivity index (χ4n) is 2.09. The fourth-order valence-corrected chi connectivity index (χ4v) is 2.09. The molecule has 1 aliphatic carbocycles. The van der Waals surface area contributed by atoms with Gasteiger partial charge in [0.15, 0.2) is 5.76 Å². The highest BCUT2D eigenvalue weighted by Gasteiger charge is 2.22. The van der Waals surface area contributed by atoms with E-state index >= 15 is 0 Å². The highest BCUT2D eigenvalue weighted by atomic mass is 16.6. The second-order valence-electron chi connectivity index (χ2n) is 5.05. The minimum atomic E-state index is -0.412. The van der Waals surface area contributed by atoms with Crippen molar-refractivity contribution >= 4 is 5.69 Å². The van der Waals surface area contributed by atoms with Crippen molar-refractivity contribution in [1.82, 2.24) is 10.5 Å². The molecule has 0 aliphatic heterocycles. The van der Waals surface area contributed by atoms with Crippen LogP contribution in [-0.2, 0) is 6.54 Å². The predicted molar refractivity (Wildman–Crippen MR) is 73.2 cm³/mol. The highest BCUT2D eigenvalue weighted by molar-refractivity contribution is 5.64. The summed E-state index contributed by atoms with van der Waals surface area (Å²) in [5.74, 6) is 0.598. The van der Waals surface area contributed by atoms with Gasteiger partial charge in [0.25, 0.3) is 5.69 Å². The summed E-state index contributed by atoms with van der Waals surface area (Å²) < 4.78 is 5.36. The van der Waals surface area contributed by atoms with Gasteiger partial charge in [0.2, 0.25) is 0 Å². The lowest BCUT2D eigenvalue weighted by atomic mass is 10.1. The van der Waals surface area contributed by atoms with E-state index in [2.05, 4.69) is 10.5 Å². The molecule has 1 fully saturated rings. The number of non-ortho nitro benzene ring substituents is 1. The van der Waals surface area contributed by atoms with Gasteiger partial charge in [0, 0.05) is 35.8 Å². The van der Waals surface area contributed by atoms with E-state index < -0.39 is 4.92 Å². The van der Waals surface area contributed by atoms with E-state index in [4.69, 9.17) is 4.52 Å². The number of benzene rings is 1. The first kappa shape index (κ1) is 12.8. The normalized spacial score (nSPS) is 14.4. The molecule has 6 heteroatoms. The Hall–Kier alpha value is -2.21. The molecule has 0 bridgehead atoms. The predicted octanol–water partition coefficient (Wildman–Crippen LogP) is 2.81. The number of rotatable bonds is 5. The van der Waals surface area contributed by atoms with Crippen LogP contribution in [0.5, 0.6) is 0 Å². The molecule has 0 amide bonds. The van der Waals surface area contributed by atoms with Gasteiger partial charge < -0.3 is 9.84 Å². The summed E-state index contributed by atoms with van der Waals surface area (Å²) in [6.07, 6.45) is 2.43. The summed E-state index contributed by atoms with van der Waals surface area (Å²) in [6.45, 7) is 2.60.